The first-order valence-corrected chi connectivity index (χ1v) is 10.6. The van der Waals surface area contributed by atoms with Gasteiger partial charge in [-0.3, -0.25) is 0 Å². The molecule has 0 aliphatic carbocycles. The van der Waals surface area contributed by atoms with Gasteiger partial charge in [0.1, 0.15) is 0 Å². The van der Waals surface area contributed by atoms with E-state index in [0.717, 1.165) is 11.1 Å². The van der Waals surface area contributed by atoms with Crippen molar-refractivity contribution in [2.75, 3.05) is 0 Å². The van der Waals surface area contributed by atoms with Gasteiger partial charge < -0.3 is 0 Å². The van der Waals surface area contributed by atoms with E-state index in [-0.39, 0.29) is 9.79 Å². The first-order valence-electron chi connectivity index (χ1n) is 5.94. The largest absolute Gasteiger partial charge is 0.261 e. The van der Waals surface area contributed by atoms with Gasteiger partial charge in [-0.15, -0.1) is 0 Å². The molecule has 0 aromatic heterocycles. The van der Waals surface area contributed by atoms with Gasteiger partial charge in [-0.1, -0.05) is 36.4 Å². The maximum absolute atomic E-state index is 11.1. The number of hydrogen-bond acceptors (Lipinski definition) is 4. The average Bonchev–Trinajstić information content (AvgIpc) is 2.44. The second-order valence-electron chi connectivity index (χ2n) is 4.35. The summed E-state index contributed by atoms with van der Waals surface area (Å²) in [5.41, 5.74) is 1.55. The minimum Gasteiger partial charge on any atom is -0.207 e. The molecule has 0 saturated carbocycles. The zero-order valence-corrected chi connectivity index (χ0v) is 14.1. The molecule has 0 unspecified atom stereocenters. The van der Waals surface area contributed by atoms with Gasteiger partial charge in [-0.2, -0.15) is 0 Å². The van der Waals surface area contributed by atoms with Crippen LogP contribution in [0.4, 0.5) is 0 Å². The molecule has 22 heavy (non-hydrogen) atoms. The van der Waals surface area contributed by atoms with Crippen molar-refractivity contribution in [3.8, 4) is 0 Å². The van der Waals surface area contributed by atoms with Crippen molar-refractivity contribution >= 4 is 51.6 Å². The van der Waals surface area contributed by atoms with E-state index in [1.165, 1.54) is 24.3 Å². The van der Waals surface area contributed by atoms with Crippen LogP contribution in [0.3, 0.4) is 0 Å². The van der Waals surface area contributed by atoms with Crippen molar-refractivity contribution < 1.29 is 16.8 Å². The molecule has 2 aromatic carbocycles. The lowest BCUT2D eigenvalue weighted by Gasteiger charge is -1.99. The highest BCUT2D eigenvalue weighted by Gasteiger charge is 2.09. The third-order valence-electron chi connectivity index (χ3n) is 2.79. The lowest BCUT2D eigenvalue weighted by atomic mass is 10.1. The maximum atomic E-state index is 11.1. The minimum atomic E-state index is -3.73. The monoisotopic (exact) mass is 376 g/mol. The fourth-order valence-electron chi connectivity index (χ4n) is 1.68. The Morgan fingerprint density at radius 1 is 0.591 bits per heavy atom. The van der Waals surface area contributed by atoms with E-state index in [1.807, 2.05) is 0 Å². The Kier molecular flexibility index (Phi) is 4.97. The summed E-state index contributed by atoms with van der Waals surface area (Å²) in [6.45, 7) is 0. The zero-order valence-electron chi connectivity index (χ0n) is 11.0. The summed E-state index contributed by atoms with van der Waals surface area (Å²) in [6.07, 6.45) is 3.52. The molecule has 0 spiro atoms. The summed E-state index contributed by atoms with van der Waals surface area (Å²) >= 11 is 0. The first kappa shape index (κ1) is 17.0. The highest BCUT2D eigenvalue weighted by molar-refractivity contribution is 8.14. The second-order valence-corrected chi connectivity index (χ2v) is 9.48. The molecule has 0 N–H and O–H groups in total. The molecule has 116 valence electrons. The smallest absolute Gasteiger partial charge is 0.207 e. The Morgan fingerprint density at radius 2 is 0.864 bits per heavy atom. The molecule has 0 saturated heterocycles. The van der Waals surface area contributed by atoms with Crippen LogP contribution in [0.25, 0.3) is 12.2 Å². The van der Waals surface area contributed by atoms with Crippen LogP contribution in [0.2, 0.25) is 0 Å². The fourth-order valence-corrected chi connectivity index (χ4v) is 3.21. The fraction of sp³-hybridized carbons (Fsp3) is 0. The van der Waals surface area contributed by atoms with E-state index in [4.69, 9.17) is 21.4 Å². The van der Waals surface area contributed by atoms with Crippen molar-refractivity contribution in [1.82, 2.24) is 0 Å². The predicted molar refractivity (Wildman–Crippen MR) is 87.9 cm³/mol. The lowest BCUT2D eigenvalue weighted by Crippen LogP contribution is -1.90. The van der Waals surface area contributed by atoms with Crippen LogP contribution >= 0.6 is 21.4 Å². The van der Waals surface area contributed by atoms with E-state index in [1.54, 1.807) is 36.4 Å². The van der Waals surface area contributed by atoms with Crippen LogP contribution < -0.4 is 0 Å². The molecule has 0 radical (unpaired) electrons. The van der Waals surface area contributed by atoms with E-state index >= 15 is 0 Å². The molecular weight excluding hydrogens is 367 g/mol. The summed E-state index contributed by atoms with van der Waals surface area (Å²) < 4.78 is 44.5. The van der Waals surface area contributed by atoms with E-state index in [9.17, 15) is 16.8 Å². The molecule has 0 fully saturated rings. The molecule has 0 aliphatic heterocycles. The van der Waals surface area contributed by atoms with Gasteiger partial charge in [0.05, 0.1) is 9.79 Å². The summed E-state index contributed by atoms with van der Waals surface area (Å²) in [7, 11) is 3.01. The van der Waals surface area contributed by atoms with E-state index < -0.39 is 18.1 Å². The standard InChI is InChI=1S/C14H10Cl2O4S2/c15-21(17,18)13-7-3-11(4-8-13)1-2-12-5-9-14(10-6-12)22(16,19)20/h1-10H. The lowest BCUT2D eigenvalue weighted by molar-refractivity contribution is 0.608. The molecule has 0 atom stereocenters. The molecular formula is C14H10Cl2O4S2. The van der Waals surface area contributed by atoms with Crippen molar-refractivity contribution in [2.45, 2.75) is 9.79 Å². The zero-order chi connectivity index (χ0) is 16.4. The van der Waals surface area contributed by atoms with Gasteiger partial charge in [-0.05, 0) is 35.4 Å². The third kappa shape index (κ3) is 4.58. The van der Waals surface area contributed by atoms with Crippen molar-refractivity contribution in [3.05, 3.63) is 59.7 Å². The van der Waals surface area contributed by atoms with Gasteiger partial charge in [0.2, 0.25) is 0 Å². The molecule has 0 amide bonds. The Hall–Kier alpha value is -1.34. The maximum Gasteiger partial charge on any atom is 0.261 e. The van der Waals surface area contributed by atoms with Crippen LogP contribution in [-0.2, 0) is 18.1 Å². The Bertz CT molecular complexity index is 821. The molecule has 4 nitrogen and oxygen atoms in total. The topological polar surface area (TPSA) is 68.3 Å². The van der Waals surface area contributed by atoms with Gasteiger partial charge >= 0.3 is 0 Å². The highest BCUT2D eigenvalue weighted by Crippen LogP contribution is 2.18. The summed E-state index contributed by atoms with van der Waals surface area (Å²) in [5, 5.41) is 0. The van der Waals surface area contributed by atoms with E-state index in [2.05, 4.69) is 0 Å². The summed E-state index contributed by atoms with van der Waals surface area (Å²) in [4.78, 5) is 0.0611. The molecule has 0 aliphatic rings. The molecule has 0 heterocycles. The van der Waals surface area contributed by atoms with Crippen molar-refractivity contribution in [1.29, 1.82) is 0 Å². The predicted octanol–water partition coefficient (Wildman–Crippen LogP) is 3.71. The SMILES string of the molecule is O=S(=O)(Cl)c1ccc(C=Cc2ccc(S(=O)(=O)Cl)cc2)cc1. The van der Waals surface area contributed by atoms with Crippen LogP contribution in [0.5, 0.6) is 0 Å². The summed E-state index contributed by atoms with van der Waals surface area (Å²) in [6, 6.07) is 12.1. The molecule has 2 rings (SSSR count). The molecule has 8 heteroatoms. The first-order chi connectivity index (χ1) is 10.2. The third-order valence-corrected chi connectivity index (χ3v) is 5.53. The van der Waals surface area contributed by atoms with Crippen LogP contribution in [-0.4, -0.2) is 16.8 Å². The number of benzene rings is 2. The summed E-state index contributed by atoms with van der Waals surface area (Å²) in [5.74, 6) is 0. The molecule has 2 aromatic rings. The second kappa shape index (κ2) is 6.42. The Labute approximate surface area is 137 Å². The Balaban J connectivity index is 2.18. The quantitative estimate of drug-likeness (QED) is 0.602. The number of hydrogen-bond donors (Lipinski definition) is 0. The minimum absolute atomic E-state index is 0.0305. The highest BCUT2D eigenvalue weighted by atomic mass is 35.7. The Morgan fingerprint density at radius 3 is 1.09 bits per heavy atom. The van der Waals surface area contributed by atoms with Gasteiger partial charge in [0, 0.05) is 21.4 Å². The van der Waals surface area contributed by atoms with Gasteiger partial charge in [0.25, 0.3) is 18.1 Å². The van der Waals surface area contributed by atoms with Crippen LogP contribution in [0.15, 0.2) is 58.3 Å². The van der Waals surface area contributed by atoms with Gasteiger partial charge in [0.15, 0.2) is 0 Å². The van der Waals surface area contributed by atoms with Crippen LogP contribution in [0.1, 0.15) is 11.1 Å². The normalized spacial score (nSPS) is 12.6. The van der Waals surface area contributed by atoms with Crippen molar-refractivity contribution in [3.63, 3.8) is 0 Å². The number of rotatable bonds is 4. The van der Waals surface area contributed by atoms with Crippen molar-refractivity contribution in [2.24, 2.45) is 0 Å². The van der Waals surface area contributed by atoms with Gasteiger partial charge in [-0.25, -0.2) is 16.8 Å². The molecule has 0 bridgehead atoms. The van der Waals surface area contributed by atoms with E-state index in [0.29, 0.717) is 0 Å². The number of halogens is 2. The average molecular weight is 377 g/mol. The van der Waals surface area contributed by atoms with Crippen LogP contribution in [0, 0.1) is 0 Å².